The number of hydrogen-bond acceptors (Lipinski definition) is 9. The van der Waals surface area contributed by atoms with Gasteiger partial charge in [0, 0.05) is 29.6 Å². The Morgan fingerprint density at radius 2 is 1.78 bits per heavy atom. The molecule has 2 saturated heterocycles. The van der Waals surface area contributed by atoms with Gasteiger partial charge >= 0.3 is 23.9 Å². The van der Waals surface area contributed by atoms with E-state index in [4.69, 9.17) is 21.1 Å². The number of thiol groups is 1. The van der Waals surface area contributed by atoms with Crippen molar-refractivity contribution < 1.29 is 44.1 Å². The topological polar surface area (TPSA) is 237 Å². The Hall–Kier alpha value is -2.72. The van der Waals surface area contributed by atoms with Crippen LogP contribution in [0.15, 0.2) is 0 Å². The molecule has 0 bridgehead atoms. The first-order chi connectivity index (χ1) is 16.9. The van der Waals surface area contributed by atoms with Gasteiger partial charge in [-0.2, -0.15) is 24.4 Å². The lowest BCUT2D eigenvalue weighted by atomic mass is 10.0. The van der Waals surface area contributed by atoms with E-state index in [9.17, 15) is 28.8 Å². The molecule has 2 rings (SSSR count). The maximum absolute atomic E-state index is 11.5. The SMILES string of the molecule is N[C@@H](CCC(=O)N[C@@H](CS)C(=O)NCC(=O)O)C(=O)O.O=C(O)CCCC[C@@H]1SC[C@@H]2NC(=O)N[C@@H]21. The number of hydrogen-bond donors (Lipinski definition) is 9. The maximum Gasteiger partial charge on any atom is 0.322 e. The Bertz CT molecular complexity index is 816. The molecule has 0 saturated carbocycles. The van der Waals surface area contributed by atoms with E-state index in [-0.39, 0.29) is 43.1 Å². The molecule has 0 aromatic heterocycles. The lowest BCUT2D eigenvalue weighted by Gasteiger charge is -2.16. The number of unbranched alkanes of at least 4 members (excludes halogenated alkanes) is 1. The van der Waals surface area contributed by atoms with Crippen molar-refractivity contribution in [2.45, 2.75) is 67.9 Å². The number of fused-ring (bicyclic) bond motifs is 1. The number of nitrogens with two attached hydrogens (primary N) is 1. The molecule has 0 aliphatic carbocycles. The lowest BCUT2D eigenvalue weighted by Crippen LogP contribution is -2.49. The predicted octanol–water partition coefficient (Wildman–Crippen LogP) is -1.41. The number of thioether (sulfide) groups is 1. The number of rotatable bonds is 14. The summed E-state index contributed by atoms with van der Waals surface area (Å²) in [5.74, 6) is -3.47. The van der Waals surface area contributed by atoms with Gasteiger partial charge in [-0.3, -0.25) is 24.0 Å². The second-order valence-corrected chi connectivity index (χ2v) is 9.80. The van der Waals surface area contributed by atoms with Crippen LogP contribution in [0.25, 0.3) is 0 Å². The van der Waals surface area contributed by atoms with Gasteiger partial charge in [-0.15, -0.1) is 0 Å². The van der Waals surface area contributed by atoms with Crippen LogP contribution < -0.4 is 27.0 Å². The molecule has 0 radical (unpaired) electrons. The second kappa shape index (κ2) is 16.1. The Morgan fingerprint density at radius 3 is 2.36 bits per heavy atom. The van der Waals surface area contributed by atoms with Crippen LogP contribution in [-0.2, 0) is 24.0 Å². The average Bonchev–Trinajstić information content (AvgIpc) is 3.36. The number of urea groups is 1. The van der Waals surface area contributed by atoms with Crippen LogP contribution in [0.5, 0.6) is 0 Å². The monoisotopic (exact) mass is 551 g/mol. The van der Waals surface area contributed by atoms with E-state index in [0.29, 0.717) is 5.25 Å². The van der Waals surface area contributed by atoms with Gasteiger partial charge < -0.3 is 42.3 Å². The number of carbonyl (C=O) groups excluding carboxylic acids is 3. The number of carboxylic acid groups (broad SMARTS) is 3. The highest BCUT2D eigenvalue weighted by atomic mass is 32.2. The highest BCUT2D eigenvalue weighted by Crippen LogP contribution is 2.33. The third kappa shape index (κ3) is 11.8. The van der Waals surface area contributed by atoms with E-state index in [0.717, 1.165) is 25.0 Å². The number of amides is 4. The predicted molar refractivity (Wildman–Crippen MR) is 133 cm³/mol. The van der Waals surface area contributed by atoms with Crippen molar-refractivity contribution in [3.63, 3.8) is 0 Å². The van der Waals surface area contributed by atoms with Crippen LogP contribution in [0, 0.1) is 0 Å². The van der Waals surface area contributed by atoms with Crippen LogP contribution in [0.2, 0.25) is 0 Å². The van der Waals surface area contributed by atoms with E-state index in [1.54, 1.807) is 0 Å². The van der Waals surface area contributed by atoms with Crippen LogP contribution in [0.4, 0.5) is 4.79 Å². The molecule has 36 heavy (non-hydrogen) atoms. The van der Waals surface area contributed by atoms with Gasteiger partial charge in [-0.25, -0.2) is 4.79 Å². The van der Waals surface area contributed by atoms with Crippen LogP contribution >= 0.6 is 24.4 Å². The van der Waals surface area contributed by atoms with Crippen LogP contribution in [-0.4, -0.2) is 98.5 Å². The summed E-state index contributed by atoms with van der Waals surface area (Å²) in [7, 11) is 0. The summed E-state index contributed by atoms with van der Waals surface area (Å²) < 4.78 is 0. The van der Waals surface area contributed by atoms with Crippen LogP contribution in [0.3, 0.4) is 0 Å². The van der Waals surface area contributed by atoms with E-state index in [2.05, 4.69) is 33.9 Å². The summed E-state index contributed by atoms with van der Waals surface area (Å²) in [5.41, 5.74) is 5.23. The summed E-state index contributed by atoms with van der Waals surface area (Å²) in [6.07, 6.45) is 2.65. The Labute approximate surface area is 217 Å². The van der Waals surface area contributed by atoms with E-state index < -0.39 is 48.4 Å². The number of nitrogens with one attached hydrogen (secondary N) is 4. The van der Waals surface area contributed by atoms with Crippen molar-refractivity contribution in [3.8, 4) is 0 Å². The first-order valence-corrected chi connectivity index (χ1v) is 12.9. The summed E-state index contributed by atoms with van der Waals surface area (Å²) in [4.78, 5) is 65.2. The molecule has 204 valence electrons. The molecule has 0 aromatic carbocycles. The van der Waals surface area contributed by atoms with Gasteiger partial charge in [-0.05, 0) is 19.3 Å². The van der Waals surface area contributed by atoms with E-state index in [1.165, 1.54) is 0 Å². The summed E-state index contributed by atoms with van der Waals surface area (Å²) >= 11 is 5.74. The van der Waals surface area contributed by atoms with Crippen molar-refractivity contribution in [1.29, 1.82) is 0 Å². The fraction of sp³-hybridized carbons (Fsp3) is 0.700. The first-order valence-electron chi connectivity index (χ1n) is 11.2. The summed E-state index contributed by atoms with van der Waals surface area (Å²) in [6, 6.07) is -1.71. The lowest BCUT2D eigenvalue weighted by molar-refractivity contribution is -0.139. The van der Waals surface area contributed by atoms with E-state index in [1.807, 2.05) is 11.8 Å². The molecule has 9 N–H and O–H groups in total. The number of carboxylic acids is 3. The molecule has 4 amide bonds. The third-order valence-corrected chi connectivity index (χ3v) is 7.19. The first kappa shape index (κ1) is 31.3. The minimum absolute atomic E-state index is 0.0256. The molecule has 2 fully saturated rings. The molecular formula is C20H33N5O9S2. The Balaban J connectivity index is 0.000000367. The molecule has 0 spiro atoms. The minimum atomic E-state index is -1.22. The molecule has 2 aliphatic heterocycles. The largest absolute Gasteiger partial charge is 0.481 e. The Kier molecular flexibility index (Phi) is 14.0. The quantitative estimate of drug-likeness (QED) is 0.0690. The van der Waals surface area contributed by atoms with Gasteiger partial charge in [0.25, 0.3) is 0 Å². The van der Waals surface area contributed by atoms with Gasteiger partial charge in [0.05, 0.1) is 12.1 Å². The van der Waals surface area contributed by atoms with Gasteiger partial charge in [-0.1, -0.05) is 6.42 Å². The van der Waals surface area contributed by atoms with Crippen LogP contribution in [0.1, 0.15) is 38.5 Å². The molecular weight excluding hydrogens is 518 g/mol. The fourth-order valence-electron chi connectivity index (χ4n) is 3.42. The summed E-state index contributed by atoms with van der Waals surface area (Å²) in [5, 5.41) is 36.1. The van der Waals surface area contributed by atoms with Crippen molar-refractivity contribution in [1.82, 2.24) is 21.3 Å². The average molecular weight is 552 g/mol. The molecule has 14 nitrogen and oxygen atoms in total. The Morgan fingerprint density at radius 1 is 1.08 bits per heavy atom. The van der Waals surface area contributed by atoms with Crippen molar-refractivity contribution in [2.24, 2.45) is 5.73 Å². The second-order valence-electron chi connectivity index (χ2n) is 8.16. The van der Waals surface area contributed by atoms with Crippen molar-refractivity contribution in [2.75, 3.05) is 18.1 Å². The highest BCUT2D eigenvalue weighted by Gasteiger charge is 2.42. The minimum Gasteiger partial charge on any atom is -0.481 e. The highest BCUT2D eigenvalue weighted by molar-refractivity contribution is 8.00. The standard InChI is InChI=1S/C10H17N3O6S.C10H16N2O3S/c11-5(10(18)19)1-2-7(14)13-6(4-20)9(17)12-3-8(15)16;13-8(14)4-2-1-3-7-9-6(5-16-7)11-10(15)12-9/h5-6,20H,1-4,11H2,(H,12,17)(H,13,14)(H,15,16)(H,18,19);6-7,9H,1-5H2,(H,13,14)(H2,11,12,15)/t5-,6-;6-,7-,9-/m00/s1. The molecule has 16 heteroatoms. The van der Waals surface area contributed by atoms with Crippen molar-refractivity contribution in [3.05, 3.63) is 0 Å². The normalized spacial score (nSPS) is 21.5. The zero-order valence-corrected chi connectivity index (χ0v) is 21.2. The van der Waals surface area contributed by atoms with Gasteiger partial charge in [0.1, 0.15) is 18.6 Å². The van der Waals surface area contributed by atoms with Crippen molar-refractivity contribution >= 4 is 60.1 Å². The zero-order chi connectivity index (χ0) is 27.3. The molecule has 2 heterocycles. The number of aliphatic carboxylic acids is 3. The summed E-state index contributed by atoms with van der Waals surface area (Å²) in [6.45, 7) is -0.567. The smallest absolute Gasteiger partial charge is 0.322 e. The van der Waals surface area contributed by atoms with Gasteiger partial charge in [0.15, 0.2) is 0 Å². The zero-order valence-electron chi connectivity index (χ0n) is 19.5. The number of carbonyl (C=O) groups is 6. The molecule has 0 unspecified atom stereocenters. The van der Waals surface area contributed by atoms with Gasteiger partial charge in [0.2, 0.25) is 11.8 Å². The molecule has 2 aliphatic rings. The fourth-order valence-corrected chi connectivity index (χ4v) is 5.22. The third-order valence-electron chi connectivity index (χ3n) is 5.32. The van der Waals surface area contributed by atoms with E-state index >= 15 is 0 Å². The molecule has 0 aromatic rings. The maximum atomic E-state index is 11.5. The molecule has 5 atom stereocenters.